The number of hydrogen-bond donors (Lipinski definition) is 0. The van der Waals surface area contributed by atoms with Crippen LogP contribution >= 0.6 is 0 Å². The summed E-state index contributed by atoms with van der Waals surface area (Å²) in [5.74, 6) is 2.47. The zero-order valence-corrected chi connectivity index (χ0v) is 19.3. The van der Waals surface area contributed by atoms with Crippen LogP contribution in [0.1, 0.15) is 65.2 Å². The van der Waals surface area contributed by atoms with Gasteiger partial charge in [0.25, 0.3) is 0 Å². The summed E-state index contributed by atoms with van der Waals surface area (Å²) in [6.45, 7) is 12.0. The summed E-state index contributed by atoms with van der Waals surface area (Å²) in [7, 11) is 0.246. The van der Waals surface area contributed by atoms with Crippen LogP contribution in [0.3, 0.4) is 0 Å². The van der Waals surface area contributed by atoms with E-state index in [1.807, 2.05) is 0 Å². The van der Waals surface area contributed by atoms with Gasteiger partial charge in [-0.15, -0.1) is 0 Å². The van der Waals surface area contributed by atoms with Gasteiger partial charge in [-0.1, -0.05) is 30.7 Å². The first kappa shape index (κ1) is 19.7. The lowest BCUT2D eigenvalue weighted by Gasteiger charge is -2.57. The third kappa shape index (κ3) is 3.25. The molecule has 4 aliphatic carbocycles. The fourth-order valence-corrected chi connectivity index (χ4v) is 8.48. The minimum absolute atomic E-state index is 0.275. The van der Waals surface area contributed by atoms with Crippen molar-refractivity contribution < 1.29 is 9.26 Å². The van der Waals surface area contributed by atoms with Crippen molar-refractivity contribution in [3.8, 4) is 0 Å². The lowest BCUT2D eigenvalue weighted by atomic mass is 9.48. The van der Waals surface area contributed by atoms with E-state index in [0.29, 0.717) is 11.5 Å². The smallest absolute Gasteiger partial charge is 0.184 e. The molecule has 4 rings (SSSR count). The van der Waals surface area contributed by atoms with Crippen LogP contribution < -0.4 is 0 Å². The number of oxime groups is 1. The highest BCUT2D eigenvalue weighted by molar-refractivity contribution is 6.69. The maximum Gasteiger partial charge on any atom is 0.184 e. The minimum Gasteiger partial charge on any atom is -0.414 e. The Labute approximate surface area is 167 Å². The fraction of sp³-hybridized carbons (Fsp3) is 0.870. The summed E-state index contributed by atoms with van der Waals surface area (Å²) in [5.41, 5.74) is 3.74. The van der Waals surface area contributed by atoms with Crippen LogP contribution in [-0.2, 0) is 9.26 Å². The Hall–Kier alpha value is -0.613. The van der Waals surface area contributed by atoms with Crippen molar-refractivity contribution in [2.75, 3.05) is 7.11 Å². The molecule has 4 heteroatoms. The number of hydrogen-bond acceptors (Lipinski definition) is 3. The summed E-state index contributed by atoms with van der Waals surface area (Å²) in [5, 5.41) is 4.45. The largest absolute Gasteiger partial charge is 0.414 e. The molecule has 3 fully saturated rings. The molecule has 0 aliphatic heterocycles. The maximum atomic E-state index is 6.50. The van der Waals surface area contributed by atoms with Crippen LogP contribution in [0.25, 0.3) is 0 Å². The van der Waals surface area contributed by atoms with Gasteiger partial charge in [-0.25, -0.2) is 0 Å². The molecule has 3 unspecified atom stereocenters. The highest BCUT2D eigenvalue weighted by Crippen LogP contribution is 2.64. The second kappa shape index (κ2) is 6.72. The Morgan fingerprint density at radius 2 is 1.74 bits per heavy atom. The summed E-state index contributed by atoms with van der Waals surface area (Å²) >= 11 is 0. The maximum absolute atomic E-state index is 6.50. The second-order valence-electron chi connectivity index (χ2n) is 11.1. The Kier molecular flexibility index (Phi) is 4.90. The van der Waals surface area contributed by atoms with Crippen molar-refractivity contribution in [1.82, 2.24) is 0 Å². The number of rotatable bonds is 3. The van der Waals surface area contributed by atoms with Gasteiger partial charge in [-0.2, -0.15) is 0 Å². The van der Waals surface area contributed by atoms with Gasteiger partial charge in [0, 0.05) is 11.5 Å². The molecule has 6 atom stereocenters. The summed E-state index contributed by atoms with van der Waals surface area (Å²) in [6.07, 6.45) is 13.2. The molecule has 0 N–H and O–H groups in total. The zero-order valence-electron chi connectivity index (χ0n) is 18.3. The van der Waals surface area contributed by atoms with Gasteiger partial charge in [0.15, 0.2) is 8.32 Å². The molecule has 0 amide bonds. The molecule has 0 aromatic carbocycles. The van der Waals surface area contributed by atoms with Crippen molar-refractivity contribution >= 4 is 14.0 Å². The molecular weight excluding hydrogens is 350 g/mol. The van der Waals surface area contributed by atoms with E-state index in [2.05, 4.69) is 44.7 Å². The molecule has 0 aromatic heterocycles. The zero-order chi connectivity index (χ0) is 19.4. The van der Waals surface area contributed by atoms with Crippen molar-refractivity contribution in [3.05, 3.63) is 11.6 Å². The predicted octanol–water partition coefficient (Wildman–Crippen LogP) is 6.17. The van der Waals surface area contributed by atoms with E-state index in [9.17, 15) is 0 Å². The van der Waals surface area contributed by atoms with Gasteiger partial charge in [0.1, 0.15) is 7.11 Å². The number of fused-ring (bicyclic) bond motifs is 5. The normalized spacial score (nSPS) is 45.7. The van der Waals surface area contributed by atoms with Crippen molar-refractivity contribution in [1.29, 1.82) is 0 Å². The lowest BCUT2D eigenvalue weighted by Crippen LogP contribution is -2.51. The van der Waals surface area contributed by atoms with Crippen LogP contribution in [0.2, 0.25) is 19.6 Å². The topological polar surface area (TPSA) is 30.8 Å². The average Bonchev–Trinajstić information content (AvgIpc) is 2.91. The number of allylic oxidation sites excluding steroid dienone is 1. The molecule has 0 heterocycles. The third-order valence-corrected chi connectivity index (χ3v) is 9.56. The number of nitrogens with zero attached hydrogens (tertiary/aromatic N) is 1. The van der Waals surface area contributed by atoms with Gasteiger partial charge in [0.05, 0.1) is 5.71 Å². The second-order valence-corrected chi connectivity index (χ2v) is 15.5. The summed E-state index contributed by atoms with van der Waals surface area (Å²) in [6, 6.07) is 0. The monoisotopic (exact) mass is 389 g/mol. The quantitative estimate of drug-likeness (QED) is 0.328. The molecule has 0 bridgehead atoms. The van der Waals surface area contributed by atoms with Crippen LogP contribution in [0.5, 0.6) is 0 Å². The summed E-state index contributed by atoms with van der Waals surface area (Å²) in [4.78, 5) is 5.20. The Morgan fingerprint density at radius 3 is 2.44 bits per heavy atom. The van der Waals surface area contributed by atoms with Gasteiger partial charge in [-0.05, 0) is 94.2 Å². The average molecular weight is 390 g/mol. The van der Waals surface area contributed by atoms with Crippen LogP contribution in [0, 0.1) is 28.6 Å². The van der Waals surface area contributed by atoms with Gasteiger partial charge < -0.3 is 9.26 Å². The molecule has 3 nitrogen and oxygen atoms in total. The van der Waals surface area contributed by atoms with Gasteiger partial charge >= 0.3 is 0 Å². The highest BCUT2D eigenvalue weighted by atomic mass is 28.4. The molecule has 3 saturated carbocycles. The molecule has 27 heavy (non-hydrogen) atoms. The van der Waals surface area contributed by atoms with Gasteiger partial charge in [-0.3, -0.25) is 0 Å². The fourth-order valence-electron chi connectivity index (χ4n) is 7.28. The van der Waals surface area contributed by atoms with E-state index in [4.69, 9.17) is 9.26 Å². The third-order valence-electron chi connectivity index (χ3n) is 8.52. The molecule has 0 aromatic rings. The Morgan fingerprint density at radius 1 is 1.04 bits per heavy atom. The van der Waals surface area contributed by atoms with Crippen LogP contribution in [0.4, 0.5) is 0 Å². The van der Waals surface area contributed by atoms with E-state index in [0.717, 1.165) is 24.2 Å². The van der Waals surface area contributed by atoms with E-state index in [1.165, 1.54) is 50.7 Å². The first-order valence-electron chi connectivity index (χ1n) is 11.2. The van der Waals surface area contributed by atoms with Crippen molar-refractivity contribution in [2.24, 2.45) is 33.7 Å². The molecule has 0 saturated heterocycles. The summed E-state index contributed by atoms with van der Waals surface area (Å²) < 4.78 is 6.50. The van der Waals surface area contributed by atoms with Crippen molar-refractivity contribution in [2.45, 2.75) is 91.0 Å². The van der Waals surface area contributed by atoms with Gasteiger partial charge in [0.2, 0.25) is 0 Å². The minimum atomic E-state index is -1.46. The molecule has 4 aliphatic rings. The van der Waals surface area contributed by atoms with E-state index in [1.54, 1.807) is 12.7 Å². The Bertz CT molecular complexity index is 651. The van der Waals surface area contributed by atoms with Crippen LogP contribution in [0.15, 0.2) is 16.8 Å². The van der Waals surface area contributed by atoms with E-state index >= 15 is 0 Å². The van der Waals surface area contributed by atoms with Crippen molar-refractivity contribution in [3.63, 3.8) is 0 Å². The Balaban J connectivity index is 1.57. The first-order valence-corrected chi connectivity index (χ1v) is 14.6. The molecule has 0 spiro atoms. The molecular formula is C23H39NO2Si. The first-order chi connectivity index (χ1) is 12.7. The van der Waals surface area contributed by atoms with E-state index < -0.39 is 8.32 Å². The molecule has 0 radical (unpaired) electrons. The lowest BCUT2D eigenvalue weighted by molar-refractivity contribution is -0.0194. The molecule has 152 valence electrons. The SMILES string of the molecule is CO/N=C1\CCC2C3CC=C4C[C@@H](O[Si](C)(C)C)CC[C@]4(C)C3CC[C@]12C. The van der Waals surface area contributed by atoms with Crippen LogP contribution in [-0.4, -0.2) is 27.2 Å². The highest BCUT2D eigenvalue weighted by Gasteiger charge is 2.58. The van der Waals surface area contributed by atoms with E-state index in [-0.39, 0.29) is 5.41 Å². The standard InChI is InChI=1S/C23H39NO2Si/c1-22-13-11-17(26-27(4,5)6)15-16(22)7-8-18-19-9-10-21(24-25-3)23(19,2)14-12-20(18)22/h7,17-20H,8-15H2,1-6H3/b24-21+/t17-,18?,19?,20?,22-,23-/m0/s1. The predicted molar refractivity (Wildman–Crippen MR) is 114 cm³/mol.